The first-order chi connectivity index (χ1) is 9.60. The SMILES string of the molecule is COc1cc(CNc2ccc(C(=O)O)c(N)c2)ccn1. The normalized spacial score (nSPS) is 10.1. The summed E-state index contributed by atoms with van der Waals surface area (Å²) in [7, 11) is 1.56. The molecule has 0 atom stereocenters. The molecule has 0 radical (unpaired) electrons. The minimum Gasteiger partial charge on any atom is -0.481 e. The van der Waals surface area contributed by atoms with Crippen LogP contribution in [0.2, 0.25) is 0 Å². The van der Waals surface area contributed by atoms with E-state index in [-0.39, 0.29) is 11.3 Å². The van der Waals surface area contributed by atoms with Crippen LogP contribution < -0.4 is 15.8 Å². The lowest BCUT2D eigenvalue weighted by molar-refractivity contribution is 0.0698. The van der Waals surface area contributed by atoms with Crippen molar-refractivity contribution >= 4 is 17.3 Å². The maximum Gasteiger partial charge on any atom is 0.337 e. The maximum atomic E-state index is 10.9. The largest absolute Gasteiger partial charge is 0.481 e. The van der Waals surface area contributed by atoms with E-state index in [2.05, 4.69) is 10.3 Å². The van der Waals surface area contributed by atoms with Gasteiger partial charge in [0.15, 0.2) is 0 Å². The number of ether oxygens (including phenoxy) is 1. The Bertz CT molecular complexity index is 629. The van der Waals surface area contributed by atoms with Crippen molar-refractivity contribution < 1.29 is 14.6 Å². The van der Waals surface area contributed by atoms with Crippen LogP contribution in [-0.2, 0) is 6.54 Å². The summed E-state index contributed by atoms with van der Waals surface area (Å²) in [6.07, 6.45) is 1.66. The molecular formula is C14H15N3O3. The number of hydrogen-bond donors (Lipinski definition) is 3. The van der Waals surface area contributed by atoms with E-state index in [1.165, 1.54) is 6.07 Å². The third-order valence-electron chi connectivity index (χ3n) is 2.79. The Balaban J connectivity index is 2.07. The van der Waals surface area contributed by atoms with Crippen molar-refractivity contribution in [1.29, 1.82) is 0 Å². The average Bonchev–Trinajstić information content (AvgIpc) is 2.45. The van der Waals surface area contributed by atoms with Gasteiger partial charge >= 0.3 is 5.97 Å². The number of nitrogens with zero attached hydrogens (tertiary/aromatic N) is 1. The first-order valence-corrected chi connectivity index (χ1v) is 5.96. The van der Waals surface area contributed by atoms with Crippen molar-refractivity contribution in [2.24, 2.45) is 0 Å². The van der Waals surface area contributed by atoms with E-state index in [9.17, 15) is 4.79 Å². The van der Waals surface area contributed by atoms with Crippen LogP contribution in [0.15, 0.2) is 36.5 Å². The third-order valence-corrected chi connectivity index (χ3v) is 2.79. The number of benzene rings is 1. The number of aromatic nitrogens is 1. The lowest BCUT2D eigenvalue weighted by atomic mass is 10.1. The fraction of sp³-hybridized carbons (Fsp3) is 0.143. The van der Waals surface area contributed by atoms with Crippen molar-refractivity contribution in [1.82, 2.24) is 4.98 Å². The molecule has 6 heteroatoms. The lowest BCUT2D eigenvalue weighted by Gasteiger charge is -2.09. The molecule has 0 saturated heterocycles. The second kappa shape index (κ2) is 5.92. The van der Waals surface area contributed by atoms with Crippen LogP contribution in [0, 0.1) is 0 Å². The summed E-state index contributed by atoms with van der Waals surface area (Å²) in [5.41, 5.74) is 7.77. The zero-order valence-corrected chi connectivity index (χ0v) is 11.0. The number of pyridine rings is 1. The minimum atomic E-state index is -1.03. The minimum absolute atomic E-state index is 0.0983. The van der Waals surface area contributed by atoms with Gasteiger partial charge in [0, 0.05) is 30.2 Å². The molecule has 1 heterocycles. The molecule has 2 aromatic rings. The number of methoxy groups -OCH3 is 1. The Morgan fingerprint density at radius 3 is 2.85 bits per heavy atom. The molecule has 0 unspecified atom stereocenters. The van der Waals surface area contributed by atoms with Gasteiger partial charge in [0.05, 0.1) is 12.7 Å². The summed E-state index contributed by atoms with van der Waals surface area (Å²) in [6, 6.07) is 8.44. The van der Waals surface area contributed by atoms with E-state index >= 15 is 0 Å². The molecule has 2 rings (SSSR count). The van der Waals surface area contributed by atoms with Crippen LogP contribution in [0.4, 0.5) is 11.4 Å². The Kier molecular flexibility index (Phi) is 4.05. The number of anilines is 2. The van der Waals surface area contributed by atoms with Crippen LogP contribution >= 0.6 is 0 Å². The van der Waals surface area contributed by atoms with Crippen LogP contribution in [0.25, 0.3) is 0 Å². The summed E-state index contributed by atoms with van der Waals surface area (Å²) in [6.45, 7) is 0.560. The van der Waals surface area contributed by atoms with Crippen molar-refractivity contribution in [2.75, 3.05) is 18.2 Å². The topological polar surface area (TPSA) is 97.5 Å². The monoisotopic (exact) mass is 273 g/mol. The molecule has 4 N–H and O–H groups in total. The molecule has 0 aliphatic heterocycles. The molecule has 1 aromatic carbocycles. The fourth-order valence-corrected chi connectivity index (χ4v) is 1.74. The summed E-state index contributed by atoms with van der Waals surface area (Å²) < 4.78 is 5.04. The van der Waals surface area contributed by atoms with Crippen molar-refractivity contribution in [3.63, 3.8) is 0 Å². The van der Waals surface area contributed by atoms with Crippen molar-refractivity contribution in [2.45, 2.75) is 6.54 Å². The number of nitrogen functional groups attached to an aromatic ring is 1. The number of aromatic carboxylic acids is 1. The Morgan fingerprint density at radius 1 is 1.40 bits per heavy atom. The highest BCUT2D eigenvalue weighted by molar-refractivity contribution is 5.94. The molecule has 6 nitrogen and oxygen atoms in total. The van der Waals surface area contributed by atoms with E-state index < -0.39 is 5.97 Å². The average molecular weight is 273 g/mol. The number of carboxylic acid groups (broad SMARTS) is 1. The second-order valence-electron chi connectivity index (χ2n) is 4.17. The predicted molar refractivity (Wildman–Crippen MR) is 75.9 cm³/mol. The fourth-order valence-electron chi connectivity index (χ4n) is 1.74. The number of nitrogens with one attached hydrogen (secondary N) is 1. The molecule has 0 amide bonds. The summed E-state index contributed by atoms with van der Waals surface area (Å²) in [5.74, 6) is -0.488. The van der Waals surface area contributed by atoms with Crippen LogP contribution in [0.5, 0.6) is 5.88 Å². The van der Waals surface area contributed by atoms with Gasteiger partial charge in [-0.05, 0) is 29.8 Å². The van der Waals surface area contributed by atoms with Crippen LogP contribution in [-0.4, -0.2) is 23.2 Å². The molecule has 0 spiro atoms. The van der Waals surface area contributed by atoms with Gasteiger partial charge in [-0.15, -0.1) is 0 Å². The molecule has 20 heavy (non-hydrogen) atoms. The van der Waals surface area contributed by atoms with E-state index in [1.54, 1.807) is 25.4 Å². The number of hydrogen-bond acceptors (Lipinski definition) is 5. The molecule has 0 bridgehead atoms. The number of carbonyl (C=O) groups is 1. The van der Waals surface area contributed by atoms with Gasteiger partial charge in [0.25, 0.3) is 0 Å². The maximum absolute atomic E-state index is 10.9. The molecule has 0 fully saturated rings. The second-order valence-corrected chi connectivity index (χ2v) is 4.17. The van der Waals surface area contributed by atoms with Gasteiger partial charge in [-0.3, -0.25) is 0 Å². The Morgan fingerprint density at radius 2 is 2.20 bits per heavy atom. The smallest absolute Gasteiger partial charge is 0.337 e. The van der Waals surface area contributed by atoms with Gasteiger partial charge in [-0.2, -0.15) is 0 Å². The quantitative estimate of drug-likeness (QED) is 0.721. The van der Waals surface area contributed by atoms with Gasteiger partial charge in [-0.25, -0.2) is 9.78 Å². The van der Waals surface area contributed by atoms with Crippen LogP contribution in [0.1, 0.15) is 15.9 Å². The predicted octanol–water partition coefficient (Wildman–Crippen LogP) is 1.98. The van der Waals surface area contributed by atoms with E-state index in [4.69, 9.17) is 15.6 Å². The Hall–Kier alpha value is -2.76. The van der Waals surface area contributed by atoms with Gasteiger partial charge in [-0.1, -0.05) is 0 Å². The molecule has 0 aliphatic rings. The first kappa shape index (κ1) is 13.7. The molecular weight excluding hydrogens is 258 g/mol. The molecule has 0 saturated carbocycles. The molecule has 1 aromatic heterocycles. The van der Waals surface area contributed by atoms with Crippen LogP contribution in [0.3, 0.4) is 0 Å². The zero-order valence-electron chi connectivity index (χ0n) is 11.0. The number of carboxylic acids is 1. The zero-order chi connectivity index (χ0) is 14.5. The van der Waals surface area contributed by atoms with E-state index in [1.807, 2.05) is 12.1 Å². The first-order valence-electron chi connectivity index (χ1n) is 5.96. The van der Waals surface area contributed by atoms with Gasteiger partial charge in [0.1, 0.15) is 0 Å². The molecule has 104 valence electrons. The third kappa shape index (κ3) is 3.17. The summed E-state index contributed by atoms with van der Waals surface area (Å²) >= 11 is 0. The summed E-state index contributed by atoms with van der Waals surface area (Å²) in [4.78, 5) is 14.9. The highest BCUT2D eigenvalue weighted by Gasteiger charge is 2.07. The lowest BCUT2D eigenvalue weighted by Crippen LogP contribution is -2.05. The van der Waals surface area contributed by atoms with E-state index in [0.717, 1.165) is 11.3 Å². The highest BCUT2D eigenvalue weighted by atomic mass is 16.5. The molecule has 0 aliphatic carbocycles. The standard InChI is InChI=1S/C14H15N3O3/c1-20-13-6-9(4-5-16-13)8-17-10-2-3-11(14(18)19)12(15)7-10/h2-7,17H,8,15H2,1H3,(H,18,19). The highest BCUT2D eigenvalue weighted by Crippen LogP contribution is 2.19. The summed E-state index contributed by atoms with van der Waals surface area (Å²) in [5, 5.41) is 12.1. The Labute approximate surface area is 116 Å². The van der Waals surface area contributed by atoms with Crippen molar-refractivity contribution in [3.8, 4) is 5.88 Å². The van der Waals surface area contributed by atoms with Crippen molar-refractivity contribution in [3.05, 3.63) is 47.7 Å². The van der Waals surface area contributed by atoms with E-state index in [0.29, 0.717) is 12.4 Å². The van der Waals surface area contributed by atoms with Gasteiger partial charge in [0.2, 0.25) is 5.88 Å². The number of rotatable bonds is 5. The van der Waals surface area contributed by atoms with Gasteiger partial charge < -0.3 is 20.9 Å². The number of nitrogens with two attached hydrogens (primary N) is 1.